The van der Waals surface area contributed by atoms with Gasteiger partial charge in [-0.3, -0.25) is 5.10 Å². The molecule has 3 rings (SSSR count). The maximum Gasteiger partial charge on any atom is 0.349 e. The van der Waals surface area contributed by atoms with E-state index in [0.29, 0.717) is 5.75 Å². The number of benzene rings is 1. The smallest absolute Gasteiger partial charge is 0.349 e. The van der Waals surface area contributed by atoms with Gasteiger partial charge in [0, 0.05) is 17.6 Å². The number of fused-ring (bicyclic) bond motifs is 1. The first-order chi connectivity index (χ1) is 9.78. The number of nitrogens with zero attached hydrogens (tertiary/aromatic N) is 2. The number of hydrogen-bond donors (Lipinski definition) is 1. The lowest BCUT2D eigenvalue weighted by molar-refractivity contribution is 0.0730. The molecule has 3 aromatic rings. The van der Waals surface area contributed by atoms with Crippen molar-refractivity contribution in [1.29, 1.82) is 0 Å². The van der Waals surface area contributed by atoms with Crippen LogP contribution < -0.4 is 9.47 Å². The third-order valence-corrected chi connectivity index (χ3v) is 2.81. The highest BCUT2D eigenvalue weighted by Crippen LogP contribution is 2.21. The molecule has 0 aliphatic carbocycles. The third-order valence-electron chi connectivity index (χ3n) is 2.81. The first-order valence-electron chi connectivity index (χ1n) is 5.92. The maximum absolute atomic E-state index is 12.1. The molecule has 0 aliphatic heterocycles. The minimum atomic E-state index is -0.520. The Labute approximate surface area is 114 Å². The standard InChI is InChI=1S/C14H11N3O3/c1-19-13-11(3-2-6-15-13)14(18)20-10-5-4-9-8-16-17-12(9)7-10/h2-8H,1H3,(H,16,17). The number of carbonyl (C=O) groups is 1. The largest absolute Gasteiger partial charge is 0.480 e. The van der Waals surface area contributed by atoms with Crippen molar-refractivity contribution in [1.82, 2.24) is 15.2 Å². The molecule has 0 saturated heterocycles. The van der Waals surface area contributed by atoms with Crippen molar-refractivity contribution < 1.29 is 14.3 Å². The predicted octanol–water partition coefficient (Wildman–Crippen LogP) is 2.19. The molecule has 20 heavy (non-hydrogen) atoms. The van der Waals surface area contributed by atoms with Gasteiger partial charge in [0.05, 0.1) is 18.8 Å². The number of nitrogens with one attached hydrogen (secondary N) is 1. The molecule has 2 heterocycles. The first-order valence-corrected chi connectivity index (χ1v) is 5.92. The van der Waals surface area contributed by atoms with Gasteiger partial charge in [-0.25, -0.2) is 9.78 Å². The summed E-state index contributed by atoms with van der Waals surface area (Å²) in [7, 11) is 1.45. The van der Waals surface area contributed by atoms with E-state index in [1.165, 1.54) is 7.11 Å². The van der Waals surface area contributed by atoms with Gasteiger partial charge in [0.1, 0.15) is 11.3 Å². The average Bonchev–Trinajstić information content (AvgIpc) is 2.94. The van der Waals surface area contributed by atoms with E-state index in [2.05, 4.69) is 15.2 Å². The maximum atomic E-state index is 12.1. The number of carbonyl (C=O) groups excluding carboxylic acids is 1. The number of H-pyrrole nitrogens is 1. The number of aromatic nitrogens is 3. The van der Waals surface area contributed by atoms with Crippen molar-refractivity contribution in [2.24, 2.45) is 0 Å². The molecular weight excluding hydrogens is 258 g/mol. The summed E-state index contributed by atoms with van der Waals surface area (Å²) in [6.45, 7) is 0. The van der Waals surface area contributed by atoms with E-state index < -0.39 is 5.97 Å². The molecule has 0 amide bonds. The summed E-state index contributed by atoms with van der Waals surface area (Å²) in [4.78, 5) is 16.1. The molecule has 0 unspecified atom stereocenters. The van der Waals surface area contributed by atoms with Gasteiger partial charge in [0.15, 0.2) is 0 Å². The zero-order valence-electron chi connectivity index (χ0n) is 10.7. The van der Waals surface area contributed by atoms with Gasteiger partial charge in [-0.2, -0.15) is 5.10 Å². The summed E-state index contributed by atoms with van der Waals surface area (Å²) in [6, 6.07) is 8.49. The fraction of sp³-hybridized carbons (Fsp3) is 0.0714. The molecular formula is C14H11N3O3. The van der Waals surface area contributed by atoms with Crippen LogP contribution >= 0.6 is 0 Å². The van der Waals surface area contributed by atoms with Crippen LogP contribution in [0.4, 0.5) is 0 Å². The van der Waals surface area contributed by atoms with Crippen LogP contribution in [0, 0.1) is 0 Å². The Kier molecular flexibility index (Phi) is 3.04. The molecule has 0 radical (unpaired) electrons. The zero-order valence-corrected chi connectivity index (χ0v) is 10.7. The Morgan fingerprint density at radius 2 is 2.20 bits per heavy atom. The number of aromatic amines is 1. The summed E-state index contributed by atoms with van der Waals surface area (Å²) in [6.07, 6.45) is 3.25. The number of rotatable bonds is 3. The Morgan fingerprint density at radius 1 is 1.30 bits per heavy atom. The quantitative estimate of drug-likeness (QED) is 0.582. The molecule has 0 bridgehead atoms. The second-order valence-electron chi connectivity index (χ2n) is 4.07. The van der Waals surface area contributed by atoms with Crippen LogP contribution in [-0.4, -0.2) is 28.3 Å². The van der Waals surface area contributed by atoms with Crippen LogP contribution in [0.25, 0.3) is 10.9 Å². The highest BCUT2D eigenvalue weighted by Gasteiger charge is 2.15. The monoisotopic (exact) mass is 269 g/mol. The molecule has 1 aromatic carbocycles. The van der Waals surface area contributed by atoms with Crippen LogP contribution in [-0.2, 0) is 0 Å². The Bertz CT molecular complexity index is 767. The Balaban J connectivity index is 1.88. The highest BCUT2D eigenvalue weighted by molar-refractivity contribution is 5.93. The van der Waals surface area contributed by atoms with Crippen LogP contribution in [0.5, 0.6) is 11.6 Å². The zero-order chi connectivity index (χ0) is 13.9. The number of hydrogen-bond acceptors (Lipinski definition) is 5. The molecule has 2 aromatic heterocycles. The van der Waals surface area contributed by atoms with Gasteiger partial charge < -0.3 is 9.47 Å². The van der Waals surface area contributed by atoms with Crippen molar-refractivity contribution in [2.75, 3.05) is 7.11 Å². The third kappa shape index (κ3) is 2.18. The van der Waals surface area contributed by atoms with Gasteiger partial charge >= 0.3 is 5.97 Å². The summed E-state index contributed by atoms with van der Waals surface area (Å²) >= 11 is 0. The lowest BCUT2D eigenvalue weighted by atomic mass is 10.2. The summed E-state index contributed by atoms with van der Waals surface area (Å²) < 4.78 is 10.3. The number of esters is 1. The van der Waals surface area contributed by atoms with Crippen LogP contribution in [0.3, 0.4) is 0 Å². The second-order valence-corrected chi connectivity index (χ2v) is 4.07. The van der Waals surface area contributed by atoms with Gasteiger partial charge in [0.25, 0.3) is 0 Å². The molecule has 100 valence electrons. The van der Waals surface area contributed by atoms with Crippen molar-refractivity contribution in [2.45, 2.75) is 0 Å². The molecule has 0 atom stereocenters. The molecule has 0 saturated carbocycles. The second kappa shape index (κ2) is 5.00. The van der Waals surface area contributed by atoms with Crippen molar-refractivity contribution in [3.63, 3.8) is 0 Å². The fourth-order valence-electron chi connectivity index (χ4n) is 1.85. The normalized spacial score (nSPS) is 10.4. The summed E-state index contributed by atoms with van der Waals surface area (Å²) in [5.74, 6) is 0.145. The Hall–Kier alpha value is -2.89. The number of methoxy groups -OCH3 is 1. The number of ether oxygens (including phenoxy) is 2. The van der Waals surface area contributed by atoms with E-state index in [4.69, 9.17) is 9.47 Å². The lowest BCUT2D eigenvalue weighted by Crippen LogP contribution is -2.10. The number of pyridine rings is 1. The van der Waals surface area contributed by atoms with E-state index in [1.54, 1.807) is 36.7 Å². The van der Waals surface area contributed by atoms with E-state index in [9.17, 15) is 4.79 Å². The van der Waals surface area contributed by atoms with Gasteiger partial charge in [0.2, 0.25) is 5.88 Å². The average molecular weight is 269 g/mol. The Morgan fingerprint density at radius 3 is 3.05 bits per heavy atom. The minimum Gasteiger partial charge on any atom is -0.480 e. The minimum absolute atomic E-state index is 0.236. The summed E-state index contributed by atoms with van der Waals surface area (Å²) in [5.41, 5.74) is 1.08. The topological polar surface area (TPSA) is 77.1 Å². The van der Waals surface area contributed by atoms with E-state index in [-0.39, 0.29) is 11.4 Å². The SMILES string of the molecule is COc1ncccc1C(=O)Oc1ccc2cn[nH]c2c1. The predicted molar refractivity (Wildman–Crippen MR) is 71.8 cm³/mol. The fourth-order valence-corrected chi connectivity index (χ4v) is 1.85. The molecule has 0 spiro atoms. The first kappa shape index (κ1) is 12.2. The van der Waals surface area contributed by atoms with E-state index in [0.717, 1.165) is 10.9 Å². The van der Waals surface area contributed by atoms with E-state index in [1.807, 2.05) is 6.07 Å². The molecule has 6 nitrogen and oxygen atoms in total. The molecule has 0 aliphatic rings. The molecule has 6 heteroatoms. The lowest BCUT2D eigenvalue weighted by Gasteiger charge is -2.07. The van der Waals surface area contributed by atoms with Crippen molar-refractivity contribution in [3.8, 4) is 11.6 Å². The van der Waals surface area contributed by atoms with Gasteiger partial charge in [-0.05, 0) is 24.3 Å². The van der Waals surface area contributed by atoms with Crippen molar-refractivity contribution in [3.05, 3.63) is 48.3 Å². The van der Waals surface area contributed by atoms with Crippen LogP contribution in [0.15, 0.2) is 42.7 Å². The van der Waals surface area contributed by atoms with Gasteiger partial charge in [-0.15, -0.1) is 0 Å². The highest BCUT2D eigenvalue weighted by atomic mass is 16.5. The van der Waals surface area contributed by atoms with E-state index >= 15 is 0 Å². The van der Waals surface area contributed by atoms with Crippen molar-refractivity contribution >= 4 is 16.9 Å². The summed E-state index contributed by atoms with van der Waals surface area (Å²) in [5, 5.41) is 7.68. The van der Waals surface area contributed by atoms with Gasteiger partial charge in [-0.1, -0.05) is 0 Å². The molecule has 1 N–H and O–H groups in total. The molecule has 0 fully saturated rings. The van der Waals surface area contributed by atoms with Crippen LogP contribution in [0.1, 0.15) is 10.4 Å². The van der Waals surface area contributed by atoms with Crippen LogP contribution in [0.2, 0.25) is 0 Å².